The first kappa shape index (κ1) is 38.5. The Bertz CT molecular complexity index is 357. The van der Waals surface area contributed by atoms with E-state index in [0.717, 1.165) is 0 Å². The Hall–Kier alpha value is 0.480. The lowest BCUT2D eigenvalue weighted by Gasteiger charge is -2.28. The highest BCUT2D eigenvalue weighted by Gasteiger charge is 2.25. The summed E-state index contributed by atoms with van der Waals surface area (Å²) in [4.78, 5) is 0. The van der Waals surface area contributed by atoms with Crippen LogP contribution in [0.3, 0.4) is 0 Å². The smallest absolute Gasteiger partial charge is 0.0258 e. The summed E-state index contributed by atoms with van der Waals surface area (Å²) in [5, 5.41) is 0. The summed E-state index contributed by atoms with van der Waals surface area (Å²) < 4.78 is 0.438. The first-order chi connectivity index (χ1) is 18.7. The Kier molecular flexibility index (Phi) is 32.4. The summed E-state index contributed by atoms with van der Waals surface area (Å²) in [6.07, 6.45) is 47.8. The molecule has 0 aliphatic rings. The van der Waals surface area contributed by atoms with Gasteiger partial charge in [-0.3, -0.25) is 0 Å². The molecule has 0 nitrogen and oxygen atoms in total. The van der Waals surface area contributed by atoms with E-state index in [1.54, 1.807) is 0 Å². The molecule has 0 aliphatic carbocycles. The molecule has 0 saturated carbocycles. The zero-order chi connectivity index (χ0) is 27.8. The van der Waals surface area contributed by atoms with E-state index in [9.17, 15) is 0 Å². The van der Waals surface area contributed by atoms with Crippen LogP contribution in [-0.2, 0) is 0 Å². The van der Waals surface area contributed by atoms with Gasteiger partial charge in [0, 0.05) is 4.32 Å². The van der Waals surface area contributed by atoms with Crippen molar-refractivity contribution in [2.24, 2.45) is 0 Å². The van der Waals surface area contributed by atoms with Crippen LogP contribution in [0.25, 0.3) is 0 Å². The molecule has 0 fully saturated rings. The third kappa shape index (κ3) is 29.5. The maximum atomic E-state index is 4.34. The van der Waals surface area contributed by atoms with Crippen LogP contribution >= 0.6 is 15.9 Å². The van der Waals surface area contributed by atoms with E-state index in [0.29, 0.717) is 4.32 Å². The zero-order valence-electron chi connectivity index (χ0n) is 27.2. The van der Waals surface area contributed by atoms with Gasteiger partial charge in [-0.1, -0.05) is 229 Å². The van der Waals surface area contributed by atoms with Gasteiger partial charge in [-0.2, -0.15) is 0 Å². The predicted octanol–water partition coefficient (Wildman–Crippen LogP) is 15.1. The van der Waals surface area contributed by atoms with Gasteiger partial charge in [0.25, 0.3) is 0 Å². The van der Waals surface area contributed by atoms with Crippen LogP contribution in [0.5, 0.6) is 0 Å². The molecule has 1 heteroatoms. The van der Waals surface area contributed by atoms with Crippen molar-refractivity contribution >= 4 is 15.9 Å². The maximum absolute atomic E-state index is 4.34. The molecule has 0 heterocycles. The van der Waals surface area contributed by atoms with Crippen molar-refractivity contribution in [2.75, 3.05) is 0 Å². The van der Waals surface area contributed by atoms with Gasteiger partial charge in [-0.05, 0) is 19.3 Å². The van der Waals surface area contributed by atoms with Crippen LogP contribution in [0.4, 0.5) is 0 Å². The Morgan fingerprint density at radius 2 is 0.421 bits per heavy atom. The van der Waals surface area contributed by atoms with Crippen molar-refractivity contribution in [1.82, 2.24) is 0 Å². The topological polar surface area (TPSA) is 0 Å². The fourth-order valence-corrected chi connectivity index (χ4v) is 7.00. The molecule has 0 aromatic rings. The van der Waals surface area contributed by atoms with E-state index < -0.39 is 0 Å². The van der Waals surface area contributed by atoms with Gasteiger partial charge in [-0.15, -0.1) is 0 Å². The summed E-state index contributed by atoms with van der Waals surface area (Å²) in [7, 11) is 0. The lowest BCUT2D eigenvalue weighted by molar-refractivity contribution is 0.409. The number of halogens is 1. The third-order valence-corrected chi connectivity index (χ3v) is 10.1. The number of unbranched alkanes of at least 4 members (excludes halogenated alkanes) is 27. The van der Waals surface area contributed by atoms with Crippen LogP contribution in [-0.4, -0.2) is 4.32 Å². The van der Waals surface area contributed by atoms with Gasteiger partial charge in [0.2, 0.25) is 0 Å². The molecule has 0 aromatic carbocycles. The molecule has 0 atom stereocenters. The lowest BCUT2D eigenvalue weighted by atomic mass is 9.89. The minimum absolute atomic E-state index is 0.438. The van der Waals surface area contributed by atoms with E-state index in [2.05, 4.69) is 36.7 Å². The molecule has 0 bridgehead atoms. The molecule has 230 valence electrons. The number of alkyl halides is 1. The highest BCUT2D eigenvalue weighted by molar-refractivity contribution is 9.10. The molecule has 0 aliphatic heterocycles. The van der Waals surface area contributed by atoms with Gasteiger partial charge < -0.3 is 0 Å². The van der Waals surface area contributed by atoms with E-state index in [1.807, 2.05) is 0 Å². The van der Waals surface area contributed by atoms with E-state index in [-0.39, 0.29) is 0 Å². The van der Waals surface area contributed by atoms with Crippen LogP contribution in [0.2, 0.25) is 0 Å². The first-order valence-electron chi connectivity index (χ1n) is 18.4. The molecule has 0 unspecified atom stereocenters. The summed E-state index contributed by atoms with van der Waals surface area (Å²) in [6, 6.07) is 0. The summed E-state index contributed by atoms with van der Waals surface area (Å²) in [5.41, 5.74) is 0. The molecule has 0 spiro atoms. The fourth-order valence-electron chi connectivity index (χ4n) is 6.16. The van der Waals surface area contributed by atoms with Crippen LogP contribution < -0.4 is 0 Å². The summed E-state index contributed by atoms with van der Waals surface area (Å²) in [6.45, 7) is 6.95. The summed E-state index contributed by atoms with van der Waals surface area (Å²) in [5.74, 6) is 0. The number of hydrogen-bond acceptors (Lipinski definition) is 0. The second-order valence-corrected chi connectivity index (χ2v) is 14.6. The second-order valence-electron chi connectivity index (χ2n) is 12.9. The molecule has 0 saturated heterocycles. The van der Waals surface area contributed by atoms with Gasteiger partial charge in [0.15, 0.2) is 0 Å². The third-order valence-electron chi connectivity index (χ3n) is 8.94. The zero-order valence-corrected chi connectivity index (χ0v) is 28.8. The Morgan fingerprint density at radius 3 is 0.605 bits per heavy atom. The maximum Gasteiger partial charge on any atom is 0.0258 e. The number of hydrogen-bond donors (Lipinski definition) is 0. The van der Waals surface area contributed by atoms with Crippen molar-refractivity contribution in [3.05, 3.63) is 0 Å². The Labute approximate surface area is 252 Å². The molecular formula is C37H75Br. The average molecular weight is 600 g/mol. The van der Waals surface area contributed by atoms with E-state index in [1.165, 1.54) is 212 Å². The molecular weight excluding hydrogens is 524 g/mol. The van der Waals surface area contributed by atoms with Crippen LogP contribution in [0.15, 0.2) is 0 Å². The van der Waals surface area contributed by atoms with Crippen molar-refractivity contribution in [3.8, 4) is 0 Å². The first-order valence-corrected chi connectivity index (χ1v) is 19.2. The minimum Gasteiger partial charge on any atom is -0.0853 e. The molecule has 0 radical (unpaired) electrons. The standard InChI is InChI=1S/C37H75Br/c1-4-7-10-13-16-19-22-25-28-31-34-37(38,35-32-29-26-23-20-17-14-11-8-5-2)36-33-30-27-24-21-18-15-12-9-6-3/h4-36H2,1-3H3. The molecule has 0 aromatic heterocycles. The second kappa shape index (κ2) is 32.0. The summed E-state index contributed by atoms with van der Waals surface area (Å²) >= 11 is 4.34. The highest BCUT2D eigenvalue weighted by atomic mass is 79.9. The largest absolute Gasteiger partial charge is 0.0853 e. The highest BCUT2D eigenvalue weighted by Crippen LogP contribution is 2.37. The van der Waals surface area contributed by atoms with Crippen LogP contribution in [0.1, 0.15) is 233 Å². The van der Waals surface area contributed by atoms with E-state index >= 15 is 0 Å². The van der Waals surface area contributed by atoms with Gasteiger partial charge in [-0.25, -0.2) is 0 Å². The van der Waals surface area contributed by atoms with Gasteiger partial charge >= 0.3 is 0 Å². The fraction of sp³-hybridized carbons (Fsp3) is 1.00. The molecule has 0 rings (SSSR count). The molecule has 0 amide bonds. The minimum atomic E-state index is 0.438. The van der Waals surface area contributed by atoms with Crippen LogP contribution in [0, 0.1) is 0 Å². The SMILES string of the molecule is CCCCCCCCCCCCC(Br)(CCCCCCCCCCCC)CCCCCCCCCCCC. The lowest BCUT2D eigenvalue weighted by Crippen LogP contribution is -2.21. The monoisotopic (exact) mass is 599 g/mol. The van der Waals surface area contributed by atoms with Crippen molar-refractivity contribution in [1.29, 1.82) is 0 Å². The Balaban J connectivity index is 4.06. The van der Waals surface area contributed by atoms with Gasteiger partial charge in [0.05, 0.1) is 0 Å². The Morgan fingerprint density at radius 1 is 0.263 bits per heavy atom. The van der Waals surface area contributed by atoms with Crippen molar-refractivity contribution in [3.63, 3.8) is 0 Å². The average Bonchev–Trinajstić information content (AvgIpc) is 2.92. The van der Waals surface area contributed by atoms with Crippen molar-refractivity contribution in [2.45, 2.75) is 237 Å². The van der Waals surface area contributed by atoms with E-state index in [4.69, 9.17) is 0 Å². The number of rotatable bonds is 33. The normalized spacial score (nSPS) is 12.0. The predicted molar refractivity (Wildman–Crippen MR) is 181 cm³/mol. The van der Waals surface area contributed by atoms with Crippen molar-refractivity contribution < 1.29 is 0 Å². The molecule has 38 heavy (non-hydrogen) atoms. The van der Waals surface area contributed by atoms with Gasteiger partial charge in [0.1, 0.15) is 0 Å². The quantitative estimate of drug-likeness (QED) is 0.0520. The molecule has 0 N–H and O–H groups in total.